The molecule has 1 saturated heterocycles. The minimum absolute atomic E-state index is 0.591. The van der Waals surface area contributed by atoms with Crippen LogP contribution in [-0.2, 0) is 6.54 Å². The third-order valence-corrected chi connectivity index (χ3v) is 4.49. The van der Waals surface area contributed by atoms with Crippen LogP contribution in [-0.4, -0.2) is 23.2 Å². The van der Waals surface area contributed by atoms with E-state index in [4.69, 9.17) is 12.2 Å². The van der Waals surface area contributed by atoms with Gasteiger partial charge in [-0.05, 0) is 68.2 Å². The molecule has 1 aromatic heterocycles. The van der Waals surface area contributed by atoms with E-state index in [2.05, 4.69) is 44.8 Å². The van der Waals surface area contributed by atoms with Crippen LogP contribution in [0.25, 0.3) is 0 Å². The van der Waals surface area contributed by atoms with Gasteiger partial charge in [0, 0.05) is 31.0 Å². The molecule has 24 heavy (non-hydrogen) atoms. The van der Waals surface area contributed by atoms with Crippen LogP contribution < -0.4 is 15.5 Å². The van der Waals surface area contributed by atoms with Crippen LogP contribution in [0, 0.1) is 6.92 Å². The Balaban J connectivity index is 1.50. The fourth-order valence-corrected chi connectivity index (χ4v) is 3.11. The summed E-state index contributed by atoms with van der Waals surface area (Å²) in [5.74, 6) is 0.771. The molecule has 0 unspecified atom stereocenters. The minimum atomic E-state index is 0.591. The first-order valence-corrected chi connectivity index (χ1v) is 8.94. The van der Waals surface area contributed by atoms with Crippen LogP contribution in [0.3, 0.4) is 0 Å². The fraction of sp³-hybridized carbons (Fsp3) is 0.368. The number of aromatic nitrogens is 1. The summed E-state index contributed by atoms with van der Waals surface area (Å²) < 4.78 is 0. The number of anilines is 2. The van der Waals surface area contributed by atoms with Crippen molar-refractivity contribution >= 4 is 28.8 Å². The van der Waals surface area contributed by atoms with Gasteiger partial charge in [0.25, 0.3) is 0 Å². The molecule has 0 amide bonds. The number of benzene rings is 1. The van der Waals surface area contributed by atoms with Gasteiger partial charge in [-0.25, -0.2) is 4.98 Å². The van der Waals surface area contributed by atoms with E-state index in [9.17, 15) is 0 Å². The van der Waals surface area contributed by atoms with E-state index in [1.165, 1.54) is 43.6 Å². The second-order valence-corrected chi connectivity index (χ2v) is 6.59. The molecular weight excluding hydrogens is 316 g/mol. The molecule has 0 aliphatic carbocycles. The van der Waals surface area contributed by atoms with Crippen molar-refractivity contribution in [3.05, 3.63) is 53.7 Å². The van der Waals surface area contributed by atoms with Crippen LogP contribution in [0.4, 0.5) is 11.5 Å². The Hall–Kier alpha value is -2.14. The first-order valence-electron chi connectivity index (χ1n) is 8.53. The highest BCUT2D eigenvalue weighted by molar-refractivity contribution is 7.80. The lowest BCUT2D eigenvalue weighted by Crippen LogP contribution is -2.29. The zero-order chi connectivity index (χ0) is 16.8. The number of hydrogen-bond donors (Lipinski definition) is 2. The third-order valence-electron chi connectivity index (χ3n) is 4.24. The summed E-state index contributed by atoms with van der Waals surface area (Å²) in [5.41, 5.74) is 3.51. The van der Waals surface area contributed by atoms with E-state index < -0.39 is 0 Å². The SMILES string of the molecule is Cc1cccc(NC(=S)NCc2ccc(N3CCCCC3)cc2)n1. The van der Waals surface area contributed by atoms with Crippen molar-refractivity contribution in [1.29, 1.82) is 0 Å². The Kier molecular flexibility index (Phi) is 5.64. The van der Waals surface area contributed by atoms with Crippen molar-refractivity contribution < 1.29 is 0 Å². The normalized spacial score (nSPS) is 14.3. The van der Waals surface area contributed by atoms with Gasteiger partial charge in [-0.3, -0.25) is 0 Å². The molecular formula is C19H24N4S. The molecule has 0 bridgehead atoms. The van der Waals surface area contributed by atoms with E-state index in [0.717, 1.165) is 11.5 Å². The quantitative estimate of drug-likeness (QED) is 0.827. The highest BCUT2D eigenvalue weighted by Crippen LogP contribution is 2.20. The number of hydrogen-bond acceptors (Lipinski definition) is 3. The number of aryl methyl sites for hydroxylation is 1. The van der Waals surface area contributed by atoms with Crippen molar-refractivity contribution in [3.63, 3.8) is 0 Å². The van der Waals surface area contributed by atoms with Gasteiger partial charge in [0.2, 0.25) is 0 Å². The summed E-state index contributed by atoms with van der Waals surface area (Å²) in [7, 11) is 0. The first-order chi connectivity index (χ1) is 11.7. The van der Waals surface area contributed by atoms with Crippen LogP contribution >= 0.6 is 12.2 Å². The summed E-state index contributed by atoms with van der Waals surface area (Å²) in [6.07, 6.45) is 3.96. The van der Waals surface area contributed by atoms with E-state index in [1.807, 2.05) is 25.1 Å². The predicted molar refractivity (Wildman–Crippen MR) is 105 cm³/mol. The molecule has 3 rings (SSSR count). The van der Waals surface area contributed by atoms with E-state index in [-0.39, 0.29) is 0 Å². The highest BCUT2D eigenvalue weighted by Gasteiger charge is 2.10. The lowest BCUT2D eigenvalue weighted by Gasteiger charge is -2.28. The fourth-order valence-electron chi connectivity index (χ4n) is 2.93. The average Bonchev–Trinajstić information content (AvgIpc) is 2.61. The van der Waals surface area contributed by atoms with Crippen molar-refractivity contribution in [2.24, 2.45) is 0 Å². The molecule has 0 spiro atoms. The van der Waals surface area contributed by atoms with Gasteiger partial charge in [-0.2, -0.15) is 0 Å². The van der Waals surface area contributed by atoms with Crippen LogP contribution in [0.5, 0.6) is 0 Å². The number of rotatable bonds is 4. The summed E-state index contributed by atoms with van der Waals surface area (Å²) in [6, 6.07) is 14.6. The molecule has 5 heteroatoms. The molecule has 2 heterocycles. The lowest BCUT2D eigenvalue weighted by atomic mass is 10.1. The summed E-state index contributed by atoms with van der Waals surface area (Å²) in [4.78, 5) is 6.86. The molecule has 1 aromatic carbocycles. The van der Waals surface area contributed by atoms with Gasteiger partial charge in [-0.15, -0.1) is 0 Å². The summed E-state index contributed by atoms with van der Waals surface area (Å²) in [6.45, 7) is 5.02. The molecule has 2 aromatic rings. The maximum Gasteiger partial charge on any atom is 0.172 e. The van der Waals surface area contributed by atoms with Crippen LogP contribution in [0.15, 0.2) is 42.5 Å². The van der Waals surface area contributed by atoms with E-state index >= 15 is 0 Å². The number of nitrogens with one attached hydrogen (secondary N) is 2. The van der Waals surface area contributed by atoms with Crippen molar-refractivity contribution in [2.75, 3.05) is 23.3 Å². The molecule has 1 aliphatic heterocycles. The molecule has 0 radical (unpaired) electrons. The maximum absolute atomic E-state index is 5.34. The van der Waals surface area contributed by atoms with Crippen molar-refractivity contribution in [2.45, 2.75) is 32.7 Å². The van der Waals surface area contributed by atoms with Crippen molar-refractivity contribution in [3.8, 4) is 0 Å². The summed E-state index contributed by atoms with van der Waals surface area (Å²) in [5, 5.41) is 6.94. The molecule has 126 valence electrons. The van der Waals surface area contributed by atoms with Gasteiger partial charge < -0.3 is 15.5 Å². The smallest absolute Gasteiger partial charge is 0.172 e. The van der Waals surface area contributed by atoms with Crippen LogP contribution in [0.1, 0.15) is 30.5 Å². The van der Waals surface area contributed by atoms with Gasteiger partial charge in [0.1, 0.15) is 5.82 Å². The van der Waals surface area contributed by atoms with Crippen LogP contribution in [0.2, 0.25) is 0 Å². The monoisotopic (exact) mass is 340 g/mol. The van der Waals surface area contributed by atoms with Gasteiger partial charge >= 0.3 is 0 Å². The topological polar surface area (TPSA) is 40.2 Å². The number of piperidine rings is 1. The van der Waals surface area contributed by atoms with Gasteiger partial charge in [0.05, 0.1) is 0 Å². The average molecular weight is 340 g/mol. The molecule has 4 nitrogen and oxygen atoms in total. The molecule has 1 fully saturated rings. The Morgan fingerprint density at radius 3 is 2.54 bits per heavy atom. The second kappa shape index (κ2) is 8.11. The Morgan fingerprint density at radius 1 is 1.08 bits per heavy atom. The number of nitrogens with zero attached hydrogens (tertiary/aromatic N) is 2. The number of pyridine rings is 1. The van der Waals surface area contributed by atoms with E-state index in [0.29, 0.717) is 11.7 Å². The van der Waals surface area contributed by atoms with E-state index in [1.54, 1.807) is 0 Å². The predicted octanol–water partition coefficient (Wildman–Crippen LogP) is 3.87. The molecule has 0 saturated carbocycles. The zero-order valence-corrected chi connectivity index (χ0v) is 14.9. The second-order valence-electron chi connectivity index (χ2n) is 6.19. The van der Waals surface area contributed by atoms with Crippen molar-refractivity contribution in [1.82, 2.24) is 10.3 Å². The molecule has 0 atom stereocenters. The third kappa shape index (κ3) is 4.68. The summed E-state index contributed by atoms with van der Waals surface area (Å²) >= 11 is 5.34. The van der Waals surface area contributed by atoms with Gasteiger partial charge in [-0.1, -0.05) is 18.2 Å². The number of thiocarbonyl (C=S) groups is 1. The Bertz CT molecular complexity index is 678. The molecule has 1 aliphatic rings. The maximum atomic E-state index is 5.34. The minimum Gasteiger partial charge on any atom is -0.372 e. The molecule has 2 N–H and O–H groups in total. The highest BCUT2D eigenvalue weighted by atomic mass is 32.1. The largest absolute Gasteiger partial charge is 0.372 e. The zero-order valence-electron chi connectivity index (χ0n) is 14.1. The Labute approximate surface area is 149 Å². The Morgan fingerprint density at radius 2 is 1.83 bits per heavy atom. The first kappa shape index (κ1) is 16.7. The lowest BCUT2D eigenvalue weighted by molar-refractivity contribution is 0.578. The van der Waals surface area contributed by atoms with Gasteiger partial charge in [0.15, 0.2) is 5.11 Å². The standard InChI is InChI=1S/C19H24N4S/c1-15-6-5-7-18(21-15)22-19(24)20-14-16-8-10-17(11-9-16)23-12-3-2-4-13-23/h5-11H,2-4,12-14H2,1H3,(H2,20,21,22,24).